The summed E-state index contributed by atoms with van der Waals surface area (Å²) < 4.78 is 0. The van der Waals surface area contributed by atoms with Crippen LogP contribution in [0.2, 0.25) is 0 Å². The lowest BCUT2D eigenvalue weighted by Crippen LogP contribution is -2.60. The van der Waals surface area contributed by atoms with Crippen LogP contribution in [0.3, 0.4) is 0 Å². The predicted octanol–water partition coefficient (Wildman–Crippen LogP) is -1.75. The van der Waals surface area contributed by atoms with E-state index < -0.39 is 77.6 Å². The van der Waals surface area contributed by atoms with E-state index in [1.54, 1.807) is 42.7 Å². The predicted molar refractivity (Wildman–Crippen MR) is 290 cm³/mol. The number of aromatic nitrogens is 2. The summed E-state index contributed by atoms with van der Waals surface area (Å²) in [5.74, 6) is -5.63. The van der Waals surface area contributed by atoms with Crippen LogP contribution in [0.1, 0.15) is 62.1 Å². The number of carbonyl (C=O) groups is 7. The number of carbonyl (C=O) groups excluding carboxylic acids is 7. The molecule has 0 aliphatic carbocycles. The maximum atomic E-state index is 15.0. The van der Waals surface area contributed by atoms with Gasteiger partial charge in [-0.1, -0.05) is 66.7 Å². The molecule has 25 heteroatoms. The summed E-state index contributed by atoms with van der Waals surface area (Å²) in [6.45, 7) is 1.59. The van der Waals surface area contributed by atoms with Gasteiger partial charge in [0, 0.05) is 80.0 Å². The van der Waals surface area contributed by atoms with Crippen LogP contribution in [-0.2, 0) is 52.8 Å². The maximum absolute atomic E-state index is 15.0. The molecule has 25 nitrogen and oxygen atoms in total. The molecule has 5 rings (SSSR count). The molecule has 0 radical (unpaired) electrons. The van der Waals surface area contributed by atoms with Crippen LogP contribution in [0, 0.1) is 0 Å². The van der Waals surface area contributed by atoms with Crippen molar-refractivity contribution in [2.75, 3.05) is 19.6 Å². The van der Waals surface area contributed by atoms with Crippen LogP contribution in [0.25, 0.3) is 21.8 Å². The highest BCUT2D eigenvalue weighted by Crippen LogP contribution is 2.22. The summed E-state index contributed by atoms with van der Waals surface area (Å²) >= 11 is 0. The minimum Gasteiger partial charge on any atom is -0.370 e. The number of hydrogen-bond acceptors (Lipinski definition) is 10. The quantitative estimate of drug-likeness (QED) is 0.0138. The number of benzene rings is 3. The highest BCUT2D eigenvalue weighted by molar-refractivity contribution is 5.98. The van der Waals surface area contributed by atoms with Crippen LogP contribution in [0.5, 0.6) is 0 Å². The number of primary amides is 1. The molecule has 406 valence electrons. The number of H-pyrrole nitrogens is 2. The molecule has 22 N–H and O–H groups in total. The van der Waals surface area contributed by atoms with E-state index in [0.717, 1.165) is 27.4 Å². The van der Waals surface area contributed by atoms with Gasteiger partial charge < -0.3 is 82.0 Å². The summed E-state index contributed by atoms with van der Waals surface area (Å²) in [5.41, 5.74) is 42.5. The van der Waals surface area contributed by atoms with E-state index in [0.29, 0.717) is 17.5 Å². The first-order valence-corrected chi connectivity index (χ1v) is 24.8. The lowest BCUT2D eigenvalue weighted by Gasteiger charge is -2.28. The van der Waals surface area contributed by atoms with Crippen molar-refractivity contribution in [2.24, 2.45) is 55.1 Å². The fraction of sp³-hybridized carbons (Fsp3) is 0.373. The second-order valence-electron chi connectivity index (χ2n) is 18.1. The molecule has 0 unspecified atom stereocenters. The number of aromatic amines is 2. The van der Waals surface area contributed by atoms with Crippen molar-refractivity contribution in [1.29, 1.82) is 0 Å². The molecule has 2 heterocycles. The van der Waals surface area contributed by atoms with Crippen molar-refractivity contribution in [3.05, 3.63) is 108 Å². The van der Waals surface area contributed by atoms with Gasteiger partial charge in [0.05, 0.1) is 0 Å². The SMILES string of the molecule is CC(=O)N[C@@H](CCCN=C(N)N)C(=O)N[C@@H](CCCN=C(N)N)C(=O)N[C@@H](Cc1c[nH]c2ccccc12)C(=O)N[C@@H](Cc1c[nH]c2ccccc12)C(=O)N[C@@H](CCCN=C(N)N)C(=O)N[C@@H](Cc1ccccc1)C(N)=O. The number of hydrogen-bond donors (Lipinski definition) is 15. The molecule has 2 aromatic heterocycles. The van der Waals surface area contributed by atoms with Gasteiger partial charge >= 0.3 is 0 Å². The number of nitrogens with two attached hydrogens (primary N) is 7. The number of rotatable bonds is 30. The van der Waals surface area contributed by atoms with Gasteiger partial charge in [0.15, 0.2) is 17.9 Å². The Morgan fingerprint density at radius 3 is 1.16 bits per heavy atom. The number of para-hydroxylation sites is 2. The van der Waals surface area contributed by atoms with E-state index in [-0.39, 0.29) is 88.9 Å². The Kier molecular flexibility index (Phi) is 22.0. The monoisotopic (exact) mass is 1050 g/mol. The summed E-state index contributed by atoms with van der Waals surface area (Å²) in [5, 5.41) is 18.0. The average molecular weight is 1050 g/mol. The molecule has 0 spiro atoms. The van der Waals surface area contributed by atoms with Crippen LogP contribution in [0.15, 0.2) is 106 Å². The normalized spacial score (nSPS) is 13.3. The molecule has 3 aromatic carbocycles. The zero-order valence-corrected chi connectivity index (χ0v) is 42.4. The maximum Gasteiger partial charge on any atom is 0.243 e. The molecule has 0 aliphatic heterocycles. The largest absolute Gasteiger partial charge is 0.370 e. The van der Waals surface area contributed by atoms with Gasteiger partial charge in [-0.3, -0.25) is 48.5 Å². The minimum absolute atomic E-state index is 0.00642. The molecule has 6 atom stereocenters. The average Bonchev–Trinajstić information content (AvgIpc) is 3.99. The smallest absolute Gasteiger partial charge is 0.243 e. The first kappa shape index (κ1) is 57.7. The Morgan fingerprint density at radius 2 is 0.776 bits per heavy atom. The van der Waals surface area contributed by atoms with E-state index in [1.165, 1.54) is 6.92 Å². The van der Waals surface area contributed by atoms with Gasteiger partial charge in [-0.2, -0.15) is 0 Å². The fourth-order valence-electron chi connectivity index (χ4n) is 8.46. The summed E-state index contributed by atoms with van der Waals surface area (Å²) in [4.78, 5) is 116. The molecule has 7 amide bonds. The van der Waals surface area contributed by atoms with E-state index in [9.17, 15) is 28.8 Å². The zero-order chi connectivity index (χ0) is 55.1. The van der Waals surface area contributed by atoms with E-state index >= 15 is 4.79 Å². The highest BCUT2D eigenvalue weighted by atomic mass is 16.2. The summed E-state index contributed by atoms with van der Waals surface area (Å²) in [6, 6.07) is 15.9. The Hall–Kier alpha value is -9.16. The van der Waals surface area contributed by atoms with Crippen LogP contribution in [0.4, 0.5) is 0 Å². The zero-order valence-electron chi connectivity index (χ0n) is 42.4. The van der Waals surface area contributed by atoms with Gasteiger partial charge in [-0.15, -0.1) is 0 Å². The van der Waals surface area contributed by atoms with Crippen molar-refractivity contribution in [3.8, 4) is 0 Å². The van der Waals surface area contributed by atoms with Crippen molar-refractivity contribution < 1.29 is 33.6 Å². The van der Waals surface area contributed by atoms with Crippen LogP contribution >= 0.6 is 0 Å². The molecular formula is C51H70N18O7. The Labute approximate surface area is 438 Å². The van der Waals surface area contributed by atoms with E-state index in [2.05, 4.69) is 56.8 Å². The first-order valence-electron chi connectivity index (χ1n) is 24.8. The van der Waals surface area contributed by atoms with Crippen molar-refractivity contribution in [3.63, 3.8) is 0 Å². The molecule has 0 aliphatic rings. The standard InChI is InChI=1S/C51H70N18O7/c1-29(70)64-37(18-9-21-59-49(53)54)44(72)65-39(20-11-23-61-51(57)58)46(74)68-42(26-32-28-63-36-17-8-6-15-34(32)36)48(76)69-41(25-31-27-62-35-16-7-5-14-33(31)35)47(75)66-38(19-10-22-60-50(55)56)45(73)67-40(43(52)71)24-30-12-3-2-4-13-30/h2-8,12-17,27-28,37-42,62-63H,9-11,18-26H2,1H3,(H2,52,71)(H,64,70)(H,65,72)(H,66,75)(H,67,73)(H,68,74)(H,69,76)(H4,53,54,59)(H4,55,56,60)(H4,57,58,61)/t37-,38-,39-,40-,41-,42-/m0/s1. The third-order valence-electron chi connectivity index (χ3n) is 12.2. The third kappa shape index (κ3) is 18.4. The Bertz CT molecular complexity index is 2870. The van der Waals surface area contributed by atoms with Gasteiger partial charge in [0.2, 0.25) is 41.4 Å². The van der Waals surface area contributed by atoms with Gasteiger partial charge in [-0.05, 0) is 67.3 Å². The van der Waals surface area contributed by atoms with E-state index in [1.807, 2.05) is 48.5 Å². The minimum atomic E-state index is -1.40. The molecule has 5 aromatic rings. The summed E-state index contributed by atoms with van der Waals surface area (Å²) in [6.07, 6.45) is 4.04. The second-order valence-corrected chi connectivity index (χ2v) is 18.1. The van der Waals surface area contributed by atoms with Gasteiger partial charge in [-0.25, -0.2) is 0 Å². The van der Waals surface area contributed by atoms with E-state index in [4.69, 9.17) is 40.1 Å². The number of guanidine groups is 3. The van der Waals surface area contributed by atoms with Gasteiger partial charge in [0.1, 0.15) is 36.3 Å². The molecule has 0 fully saturated rings. The first-order chi connectivity index (χ1) is 36.4. The molecular weight excluding hydrogens is 977 g/mol. The molecule has 0 bridgehead atoms. The fourth-order valence-corrected chi connectivity index (χ4v) is 8.46. The number of fused-ring (bicyclic) bond motifs is 2. The lowest BCUT2D eigenvalue weighted by molar-refractivity contribution is -0.135. The number of aliphatic imine (C=N–C) groups is 3. The number of amides is 7. The third-order valence-corrected chi connectivity index (χ3v) is 12.2. The van der Waals surface area contributed by atoms with Crippen LogP contribution in [-0.4, -0.2) is 125 Å². The lowest BCUT2D eigenvalue weighted by atomic mass is 10.00. The van der Waals surface area contributed by atoms with Crippen molar-refractivity contribution in [2.45, 2.75) is 101 Å². The summed E-state index contributed by atoms with van der Waals surface area (Å²) in [7, 11) is 0. The number of nitrogens with one attached hydrogen (secondary N) is 8. The van der Waals surface area contributed by atoms with Crippen molar-refractivity contribution in [1.82, 2.24) is 41.9 Å². The van der Waals surface area contributed by atoms with Crippen molar-refractivity contribution >= 4 is 81.0 Å². The topological polar surface area (TPSA) is 442 Å². The Balaban J connectivity index is 1.50. The molecule has 76 heavy (non-hydrogen) atoms. The molecule has 0 saturated heterocycles. The molecule has 0 saturated carbocycles. The van der Waals surface area contributed by atoms with Gasteiger partial charge in [0.25, 0.3) is 0 Å². The second kappa shape index (κ2) is 28.9. The highest BCUT2D eigenvalue weighted by Gasteiger charge is 2.34. The number of nitrogens with zero attached hydrogens (tertiary/aromatic N) is 3. The Morgan fingerprint density at radius 1 is 0.434 bits per heavy atom. The van der Waals surface area contributed by atoms with Crippen LogP contribution < -0.4 is 72.0 Å².